The molecule has 0 bridgehead atoms. The van der Waals surface area contributed by atoms with Crippen LogP contribution in [0.4, 0.5) is 5.82 Å². The molecule has 6 heteroatoms. The lowest BCUT2D eigenvalue weighted by molar-refractivity contribution is -0.136. The molecular weight excluding hydrogens is 318 g/mol. The first-order chi connectivity index (χ1) is 11.5. The molecule has 1 heterocycles. The van der Waals surface area contributed by atoms with Crippen molar-refractivity contribution in [1.29, 1.82) is 0 Å². The fourth-order valence-electron chi connectivity index (χ4n) is 3.02. The normalized spacial score (nSPS) is 13.0. The summed E-state index contributed by atoms with van der Waals surface area (Å²) in [5.41, 5.74) is 0.185. The molecule has 0 aliphatic rings. The Morgan fingerprint density at radius 1 is 1.28 bits per heavy atom. The molecule has 0 aromatic carbocycles. The number of anilines is 1. The zero-order valence-electron chi connectivity index (χ0n) is 16.7. The summed E-state index contributed by atoms with van der Waals surface area (Å²) in [5.74, 6) is 1.34. The van der Waals surface area contributed by atoms with Crippen LogP contribution in [0.5, 0.6) is 0 Å². The van der Waals surface area contributed by atoms with Gasteiger partial charge in [-0.3, -0.25) is 9.59 Å². The fraction of sp³-hybridized carbons (Fsp3) is 0.737. The Balaban J connectivity index is 2.65. The molecule has 142 valence electrons. The first-order valence-electron chi connectivity index (χ1n) is 8.97. The molecule has 1 atom stereocenters. The lowest BCUT2D eigenvalue weighted by Gasteiger charge is -2.27. The minimum atomic E-state index is -0.259. The van der Waals surface area contributed by atoms with Crippen molar-refractivity contribution in [1.82, 2.24) is 10.1 Å². The van der Waals surface area contributed by atoms with Crippen LogP contribution in [0.1, 0.15) is 60.1 Å². The van der Waals surface area contributed by atoms with Gasteiger partial charge in [0.1, 0.15) is 5.76 Å². The molecule has 0 aliphatic carbocycles. The highest BCUT2D eigenvalue weighted by Crippen LogP contribution is 2.26. The number of carbonyl (C=O) groups is 2. The first-order valence-corrected chi connectivity index (χ1v) is 8.97. The molecule has 6 nitrogen and oxygen atoms in total. The predicted octanol–water partition coefficient (Wildman–Crippen LogP) is 3.87. The Morgan fingerprint density at radius 2 is 1.92 bits per heavy atom. The molecular formula is C19H33N3O3. The number of amides is 2. The number of hydrogen-bond acceptors (Lipinski definition) is 4. The Kier molecular flexibility index (Phi) is 7.64. The van der Waals surface area contributed by atoms with Crippen molar-refractivity contribution in [2.75, 3.05) is 18.4 Å². The molecule has 2 amide bonds. The Hall–Kier alpha value is -1.85. The summed E-state index contributed by atoms with van der Waals surface area (Å²) < 4.78 is 4.94. The van der Waals surface area contributed by atoms with Gasteiger partial charge in [-0.1, -0.05) is 46.7 Å². The van der Waals surface area contributed by atoms with Gasteiger partial charge in [-0.05, 0) is 30.6 Å². The van der Waals surface area contributed by atoms with Crippen LogP contribution in [0, 0.1) is 24.2 Å². The molecule has 0 spiro atoms. The first kappa shape index (κ1) is 21.2. The van der Waals surface area contributed by atoms with E-state index in [-0.39, 0.29) is 29.7 Å². The van der Waals surface area contributed by atoms with Gasteiger partial charge in [0.2, 0.25) is 11.8 Å². The fourth-order valence-corrected chi connectivity index (χ4v) is 3.02. The smallest absolute Gasteiger partial charge is 0.245 e. The highest BCUT2D eigenvalue weighted by molar-refractivity contribution is 5.93. The van der Waals surface area contributed by atoms with Crippen LogP contribution in [0.3, 0.4) is 0 Å². The van der Waals surface area contributed by atoms with E-state index >= 15 is 0 Å². The molecule has 1 unspecified atom stereocenters. The minimum absolute atomic E-state index is 0.0249. The highest BCUT2D eigenvalue weighted by atomic mass is 16.5. The maximum Gasteiger partial charge on any atom is 0.245 e. The molecule has 1 N–H and O–H groups in total. The number of aryl methyl sites for hydroxylation is 1. The minimum Gasteiger partial charge on any atom is -0.360 e. The summed E-state index contributed by atoms with van der Waals surface area (Å²) in [6.45, 7) is 15.0. The van der Waals surface area contributed by atoms with Crippen LogP contribution in [0.2, 0.25) is 0 Å². The van der Waals surface area contributed by atoms with Crippen LogP contribution in [0.25, 0.3) is 0 Å². The van der Waals surface area contributed by atoms with E-state index in [9.17, 15) is 9.59 Å². The van der Waals surface area contributed by atoms with Crippen LogP contribution < -0.4 is 5.32 Å². The highest BCUT2D eigenvalue weighted by Gasteiger charge is 2.23. The predicted molar refractivity (Wildman–Crippen MR) is 99.1 cm³/mol. The van der Waals surface area contributed by atoms with E-state index in [4.69, 9.17) is 4.52 Å². The molecule has 0 saturated heterocycles. The van der Waals surface area contributed by atoms with Gasteiger partial charge in [0.15, 0.2) is 5.82 Å². The number of nitrogens with one attached hydrogen (secondary N) is 1. The zero-order valence-corrected chi connectivity index (χ0v) is 16.7. The topological polar surface area (TPSA) is 75.4 Å². The number of rotatable bonds is 8. The maximum atomic E-state index is 12.7. The number of hydrogen-bond donors (Lipinski definition) is 1. The summed E-state index contributed by atoms with van der Waals surface area (Å²) in [4.78, 5) is 26.6. The number of carbonyl (C=O) groups excluding carboxylic acids is 2. The van der Waals surface area contributed by atoms with Gasteiger partial charge in [0.25, 0.3) is 0 Å². The lowest BCUT2D eigenvalue weighted by atomic mass is 9.84. The third kappa shape index (κ3) is 8.70. The van der Waals surface area contributed by atoms with E-state index in [2.05, 4.69) is 38.2 Å². The van der Waals surface area contributed by atoms with E-state index in [0.29, 0.717) is 30.5 Å². The van der Waals surface area contributed by atoms with Gasteiger partial charge in [-0.25, -0.2) is 0 Å². The molecule has 1 aromatic rings. The van der Waals surface area contributed by atoms with Crippen molar-refractivity contribution in [3.8, 4) is 0 Å². The van der Waals surface area contributed by atoms with Gasteiger partial charge in [0, 0.05) is 19.0 Å². The van der Waals surface area contributed by atoms with Crippen molar-refractivity contribution < 1.29 is 14.1 Å². The van der Waals surface area contributed by atoms with Crippen molar-refractivity contribution in [2.24, 2.45) is 17.3 Å². The third-order valence-electron chi connectivity index (χ3n) is 3.65. The molecule has 0 saturated carbocycles. The number of nitrogens with zero attached hydrogens (tertiary/aromatic N) is 2. The van der Waals surface area contributed by atoms with E-state index in [1.807, 2.05) is 13.8 Å². The summed E-state index contributed by atoms with van der Waals surface area (Å²) in [6.07, 6.45) is 1.43. The average Bonchev–Trinajstić information content (AvgIpc) is 2.80. The van der Waals surface area contributed by atoms with E-state index in [0.717, 1.165) is 6.42 Å². The molecule has 0 fully saturated rings. The Labute approximate surface area is 151 Å². The summed E-state index contributed by atoms with van der Waals surface area (Å²) in [5, 5.41) is 6.42. The molecule has 0 radical (unpaired) electrons. The summed E-state index contributed by atoms with van der Waals surface area (Å²) in [7, 11) is 0. The standard InChI is InChI=1S/C19H33N3O3/c1-13(2)11-22(18(24)8-14(3)10-19(5,6)7)12-17(23)20-16-9-15(4)25-21-16/h9,13-14H,8,10-12H2,1-7H3,(H,20,21,23). The van der Waals surface area contributed by atoms with Crippen LogP contribution in [-0.2, 0) is 9.59 Å². The Bertz CT molecular complexity index is 573. The monoisotopic (exact) mass is 351 g/mol. The third-order valence-corrected chi connectivity index (χ3v) is 3.65. The molecule has 1 rings (SSSR count). The van der Waals surface area contributed by atoms with Crippen LogP contribution in [0.15, 0.2) is 10.6 Å². The molecule has 1 aromatic heterocycles. The molecule has 25 heavy (non-hydrogen) atoms. The van der Waals surface area contributed by atoms with Gasteiger partial charge >= 0.3 is 0 Å². The largest absolute Gasteiger partial charge is 0.360 e. The van der Waals surface area contributed by atoms with Gasteiger partial charge in [0.05, 0.1) is 6.54 Å². The Morgan fingerprint density at radius 3 is 2.40 bits per heavy atom. The van der Waals surface area contributed by atoms with Gasteiger partial charge in [-0.2, -0.15) is 0 Å². The van der Waals surface area contributed by atoms with Crippen molar-refractivity contribution in [3.05, 3.63) is 11.8 Å². The van der Waals surface area contributed by atoms with Crippen molar-refractivity contribution >= 4 is 17.6 Å². The van der Waals surface area contributed by atoms with Gasteiger partial charge in [-0.15, -0.1) is 0 Å². The van der Waals surface area contributed by atoms with E-state index < -0.39 is 0 Å². The van der Waals surface area contributed by atoms with Crippen LogP contribution >= 0.6 is 0 Å². The SMILES string of the molecule is Cc1cc(NC(=O)CN(CC(C)C)C(=O)CC(C)CC(C)(C)C)no1. The van der Waals surface area contributed by atoms with Crippen LogP contribution in [-0.4, -0.2) is 35.0 Å². The van der Waals surface area contributed by atoms with Crippen molar-refractivity contribution in [2.45, 2.75) is 61.3 Å². The van der Waals surface area contributed by atoms with Gasteiger partial charge < -0.3 is 14.7 Å². The number of aromatic nitrogens is 1. The second kappa shape index (κ2) is 9.02. The average molecular weight is 351 g/mol. The quantitative estimate of drug-likeness (QED) is 0.771. The summed E-state index contributed by atoms with van der Waals surface area (Å²) in [6, 6.07) is 1.65. The van der Waals surface area contributed by atoms with Crippen molar-refractivity contribution in [3.63, 3.8) is 0 Å². The molecule has 0 aliphatic heterocycles. The van der Waals surface area contributed by atoms with E-state index in [1.54, 1.807) is 17.9 Å². The maximum absolute atomic E-state index is 12.7. The second-order valence-electron chi connectivity index (χ2n) is 8.61. The lowest BCUT2D eigenvalue weighted by Crippen LogP contribution is -2.41. The zero-order chi connectivity index (χ0) is 19.2. The van der Waals surface area contributed by atoms with E-state index in [1.165, 1.54) is 0 Å². The second-order valence-corrected chi connectivity index (χ2v) is 8.61. The summed E-state index contributed by atoms with van der Waals surface area (Å²) >= 11 is 0.